The Morgan fingerprint density at radius 3 is 2.58 bits per heavy atom. The minimum Gasteiger partial charge on any atom is -0.494 e. The van der Waals surface area contributed by atoms with Crippen molar-refractivity contribution in [2.45, 2.75) is 45.6 Å². The van der Waals surface area contributed by atoms with Crippen molar-refractivity contribution in [2.75, 3.05) is 7.11 Å². The van der Waals surface area contributed by atoms with Crippen LogP contribution in [0.25, 0.3) is 5.69 Å². The Bertz CT molecular complexity index is 842. The third-order valence-corrected chi connectivity index (χ3v) is 5.04. The molecule has 1 aliphatic rings. The van der Waals surface area contributed by atoms with Gasteiger partial charge in [0.25, 0.3) is 11.5 Å². The molecule has 0 saturated heterocycles. The van der Waals surface area contributed by atoms with Crippen LogP contribution in [0.1, 0.15) is 48.7 Å². The summed E-state index contributed by atoms with van der Waals surface area (Å²) in [5.41, 5.74) is 1.49. The van der Waals surface area contributed by atoms with Crippen molar-refractivity contribution in [3.63, 3.8) is 0 Å². The number of nitrogens with one attached hydrogen (secondary N) is 1. The van der Waals surface area contributed by atoms with Crippen LogP contribution in [0.2, 0.25) is 0 Å². The summed E-state index contributed by atoms with van der Waals surface area (Å²) in [5, 5.41) is 7.37. The summed E-state index contributed by atoms with van der Waals surface area (Å²) in [7, 11) is 1.44. The zero-order chi connectivity index (χ0) is 18.7. The van der Waals surface area contributed by atoms with Crippen LogP contribution in [-0.4, -0.2) is 28.8 Å². The molecule has 0 spiro atoms. The Kier molecular flexibility index (Phi) is 5.40. The van der Waals surface area contributed by atoms with Crippen molar-refractivity contribution in [2.24, 2.45) is 5.92 Å². The van der Waals surface area contributed by atoms with Crippen molar-refractivity contribution in [1.29, 1.82) is 0 Å². The maximum absolute atomic E-state index is 12.8. The van der Waals surface area contributed by atoms with Crippen LogP contribution in [0.15, 0.2) is 35.1 Å². The molecule has 1 fully saturated rings. The highest BCUT2D eigenvalue weighted by Gasteiger charge is 2.26. The van der Waals surface area contributed by atoms with Crippen LogP contribution in [0.3, 0.4) is 0 Å². The number of hydrogen-bond donors (Lipinski definition) is 1. The van der Waals surface area contributed by atoms with E-state index in [-0.39, 0.29) is 29.0 Å². The normalized spacial score (nSPS) is 19.8. The fraction of sp³-hybridized carbons (Fsp3) is 0.450. The van der Waals surface area contributed by atoms with E-state index in [1.54, 1.807) is 12.1 Å². The second kappa shape index (κ2) is 7.72. The van der Waals surface area contributed by atoms with E-state index in [1.807, 2.05) is 19.1 Å². The van der Waals surface area contributed by atoms with Crippen molar-refractivity contribution in [1.82, 2.24) is 15.1 Å². The molecule has 3 rings (SSSR count). The Morgan fingerprint density at radius 2 is 1.92 bits per heavy atom. The maximum atomic E-state index is 12.8. The van der Waals surface area contributed by atoms with Gasteiger partial charge in [-0.3, -0.25) is 9.59 Å². The zero-order valence-corrected chi connectivity index (χ0v) is 15.5. The van der Waals surface area contributed by atoms with Gasteiger partial charge in [0.1, 0.15) is 0 Å². The van der Waals surface area contributed by atoms with E-state index in [1.165, 1.54) is 24.3 Å². The molecule has 1 aromatic carbocycles. The summed E-state index contributed by atoms with van der Waals surface area (Å²) < 4.78 is 6.47. The number of carbonyl (C=O) groups excluding carboxylic acids is 1. The van der Waals surface area contributed by atoms with Crippen LogP contribution in [0, 0.1) is 12.8 Å². The molecule has 26 heavy (non-hydrogen) atoms. The van der Waals surface area contributed by atoms with E-state index in [4.69, 9.17) is 4.74 Å². The zero-order valence-electron chi connectivity index (χ0n) is 15.5. The van der Waals surface area contributed by atoms with E-state index in [0.717, 1.165) is 24.8 Å². The van der Waals surface area contributed by atoms with Gasteiger partial charge >= 0.3 is 0 Å². The SMILES string of the molecule is COc1cc(=O)n(-c2ccc(C)cc2)nc1C(=O)N[C@H]1CCCC[C@H]1C. The number of ether oxygens (including phenoxy) is 1. The fourth-order valence-corrected chi connectivity index (χ4v) is 3.39. The van der Waals surface area contributed by atoms with Gasteiger partial charge in [-0.1, -0.05) is 37.5 Å². The Morgan fingerprint density at radius 1 is 1.23 bits per heavy atom. The Hall–Kier alpha value is -2.63. The van der Waals surface area contributed by atoms with Gasteiger partial charge in [0.15, 0.2) is 11.4 Å². The van der Waals surface area contributed by atoms with Crippen molar-refractivity contribution in [3.05, 3.63) is 51.9 Å². The highest BCUT2D eigenvalue weighted by atomic mass is 16.5. The first-order valence-electron chi connectivity index (χ1n) is 9.06. The van der Waals surface area contributed by atoms with Crippen molar-refractivity contribution < 1.29 is 9.53 Å². The molecule has 1 saturated carbocycles. The standard InChI is InChI=1S/C20H25N3O3/c1-13-8-10-15(11-9-13)23-18(24)12-17(26-3)19(22-23)20(25)21-16-7-5-4-6-14(16)2/h8-12,14,16H,4-7H2,1-3H3,(H,21,25)/t14-,16+/m1/s1. The molecule has 0 aliphatic heterocycles. The predicted octanol–water partition coefficient (Wildman–Crippen LogP) is 2.86. The molecule has 0 bridgehead atoms. The number of aryl methyl sites for hydroxylation is 1. The largest absolute Gasteiger partial charge is 0.494 e. The van der Waals surface area contributed by atoms with Crippen LogP contribution < -0.4 is 15.6 Å². The van der Waals surface area contributed by atoms with Crippen LogP contribution in [-0.2, 0) is 0 Å². The van der Waals surface area contributed by atoms with Gasteiger partial charge in [-0.25, -0.2) is 0 Å². The highest BCUT2D eigenvalue weighted by Crippen LogP contribution is 2.24. The molecule has 1 aliphatic carbocycles. The Labute approximate surface area is 153 Å². The minimum atomic E-state index is -0.340. The summed E-state index contributed by atoms with van der Waals surface area (Å²) in [6.45, 7) is 4.13. The van der Waals surface area contributed by atoms with Gasteiger partial charge in [-0.2, -0.15) is 9.78 Å². The van der Waals surface area contributed by atoms with Gasteiger partial charge in [0.2, 0.25) is 0 Å². The summed E-state index contributed by atoms with van der Waals surface area (Å²) in [5.74, 6) is 0.322. The van der Waals surface area contributed by atoms with E-state index < -0.39 is 0 Å². The fourth-order valence-electron chi connectivity index (χ4n) is 3.39. The molecular weight excluding hydrogens is 330 g/mol. The number of carbonyl (C=O) groups is 1. The summed E-state index contributed by atoms with van der Waals surface area (Å²) in [4.78, 5) is 25.2. The molecule has 138 valence electrons. The molecule has 0 unspecified atom stereocenters. The monoisotopic (exact) mass is 355 g/mol. The number of rotatable bonds is 4. The summed E-state index contributed by atoms with van der Waals surface area (Å²) >= 11 is 0. The van der Waals surface area contributed by atoms with Crippen molar-refractivity contribution >= 4 is 5.91 Å². The van der Waals surface area contributed by atoms with E-state index in [9.17, 15) is 9.59 Å². The third kappa shape index (κ3) is 3.79. The average molecular weight is 355 g/mol. The van der Waals surface area contributed by atoms with E-state index in [2.05, 4.69) is 17.3 Å². The molecule has 1 N–H and O–H groups in total. The molecule has 6 nitrogen and oxygen atoms in total. The third-order valence-electron chi connectivity index (χ3n) is 5.04. The molecule has 2 aromatic rings. The number of aromatic nitrogens is 2. The number of nitrogens with zero attached hydrogens (tertiary/aromatic N) is 2. The second-order valence-corrected chi connectivity index (χ2v) is 6.99. The van der Waals surface area contributed by atoms with Gasteiger partial charge in [0.05, 0.1) is 18.9 Å². The lowest BCUT2D eigenvalue weighted by atomic mass is 9.86. The van der Waals surface area contributed by atoms with Crippen LogP contribution in [0.4, 0.5) is 0 Å². The first-order valence-corrected chi connectivity index (χ1v) is 9.06. The molecular formula is C20H25N3O3. The minimum absolute atomic E-state index is 0.127. The summed E-state index contributed by atoms with van der Waals surface area (Å²) in [6.07, 6.45) is 4.39. The van der Waals surface area contributed by atoms with Gasteiger partial charge < -0.3 is 10.1 Å². The second-order valence-electron chi connectivity index (χ2n) is 6.99. The topological polar surface area (TPSA) is 73.2 Å². The first kappa shape index (κ1) is 18.2. The number of benzene rings is 1. The average Bonchev–Trinajstić information content (AvgIpc) is 2.64. The lowest BCUT2D eigenvalue weighted by Gasteiger charge is -2.29. The molecule has 1 aromatic heterocycles. The lowest BCUT2D eigenvalue weighted by molar-refractivity contribution is 0.0899. The van der Waals surface area contributed by atoms with E-state index >= 15 is 0 Å². The highest BCUT2D eigenvalue weighted by molar-refractivity contribution is 5.95. The number of amides is 1. The van der Waals surface area contributed by atoms with Gasteiger partial charge in [0, 0.05) is 6.04 Å². The van der Waals surface area contributed by atoms with E-state index in [0.29, 0.717) is 11.6 Å². The maximum Gasteiger partial charge on any atom is 0.275 e. The number of methoxy groups -OCH3 is 1. The molecule has 1 heterocycles. The van der Waals surface area contributed by atoms with Gasteiger partial charge in [-0.05, 0) is 37.8 Å². The number of hydrogen-bond acceptors (Lipinski definition) is 4. The van der Waals surface area contributed by atoms with Crippen LogP contribution >= 0.6 is 0 Å². The van der Waals surface area contributed by atoms with Gasteiger partial charge in [-0.15, -0.1) is 0 Å². The molecule has 0 radical (unpaired) electrons. The molecule has 1 amide bonds. The predicted molar refractivity (Wildman–Crippen MR) is 100 cm³/mol. The smallest absolute Gasteiger partial charge is 0.275 e. The lowest BCUT2D eigenvalue weighted by Crippen LogP contribution is -2.42. The van der Waals surface area contributed by atoms with Crippen molar-refractivity contribution in [3.8, 4) is 11.4 Å². The molecule has 6 heteroatoms. The molecule has 2 atom stereocenters. The Balaban J connectivity index is 1.94. The summed E-state index contributed by atoms with van der Waals surface area (Å²) in [6, 6.07) is 8.85. The first-order chi connectivity index (χ1) is 12.5. The quantitative estimate of drug-likeness (QED) is 0.915. The van der Waals surface area contributed by atoms with Crippen LogP contribution in [0.5, 0.6) is 5.75 Å².